The lowest BCUT2D eigenvalue weighted by Crippen LogP contribution is -2.14. The first kappa shape index (κ1) is 10.8. The molecule has 0 aliphatic carbocycles. The predicted octanol–water partition coefficient (Wildman–Crippen LogP) is 2.49. The molecule has 2 rings (SSSR count). The SMILES string of the molecule is O=C(Nc1cccc(Br)n1)c1ccccn1. The largest absolute Gasteiger partial charge is 0.305 e. The Hall–Kier alpha value is -1.75. The molecule has 0 radical (unpaired) electrons. The van der Waals surface area contributed by atoms with Crippen LogP contribution in [0, 0.1) is 0 Å². The number of amides is 1. The highest BCUT2D eigenvalue weighted by molar-refractivity contribution is 9.10. The zero-order valence-corrected chi connectivity index (χ0v) is 9.81. The number of anilines is 1. The van der Waals surface area contributed by atoms with E-state index in [0.717, 1.165) is 0 Å². The lowest BCUT2D eigenvalue weighted by molar-refractivity contribution is 0.102. The number of carbonyl (C=O) groups excluding carboxylic acids is 1. The molecule has 0 spiro atoms. The number of halogens is 1. The summed E-state index contributed by atoms with van der Waals surface area (Å²) in [5.74, 6) is 0.219. The number of hydrogen-bond acceptors (Lipinski definition) is 3. The number of rotatable bonds is 2. The quantitative estimate of drug-likeness (QED) is 0.859. The van der Waals surface area contributed by atoms with E-state index in [1.807, 2.05) is 0 Å². The van der Waals surface area contributed by atoms with E-state index in [4.69, 9.17) is 0 Å². The molecular weight excluding hydrogens is 270 g/mol. The van der Waals surface area contributed by atoms with Crippen LogP contribution in [-0.4, -0.2) is 15.9 Å². The molecule has 2 heterocycles. The zero-order valence-electron chi connectivity index (χ0n) is 8.22. The minimum Gasteiger partial charge on any atom is -0.305 e. The lowest BCUT2D eigenvalue weighted by Gasteiger charge is -2.03. The van der Waals surface area contributed by atoms with Crippen molar-refractivity contribution >= 4 is 27.7 Å². The third kappa shape index (κ3) is 2.64. The summed E-state index contributed by atoms with van der Waals surface area (Å²) in [7, 11) is 0. The third-order valence-electron chi connectivity index (χ3n) is 1.85. The highest BCUT2D eigenvalue weighted by Gasteiger charge is 2.06. The molecule has 0 saturated heterocycles. The van der Waals surface area contributed by atoms with Gasteiger partial charge in [-0.2, -0.15) is 0 Å². The number of pyridine rings is 2. The van der Waals surface area contributed by atoms with E-state index in [0.29, 0.717) is 16.1 Å². The molecule has 1 N–H and O–H groups in total. The minimum atomic E-state index is -0.272. The van der Waals surface area contributed by atoms with E-state index in [9.17, 15) is 4.79 Å². The predicted molar refractivity (Wildman–Crippen MR) is 64.1 cm³/mol. The summed E-state index contributed by atoms with van der Waals surface area (Å²) in [4.78, 5) is 19.7. The van der Waals surface area contributed by atoms with Crippen LogP contribution in [0.4, 0.5) is 5.82 Å². The Morgan fingerprint density at radius 1 is 1.19 bits per heavy atom. The van der Waals surface area contributed by atoms with Crippen LogP contribution in [0.15, 0.2) is 47.2 Å². The molecule has 0 atom stereocenters. The van der Waals surface area contributed by atoms with Crippen molar-refractivity contribution in [1.29, 1.82) is 0 Å². The van der Waals surface area contributed by atoms with Crippen LogP contribution in [0.2, 0.25) is 0 Å². The summed E-state index contributed by atoms with van der Waals surface area (Å²) >= 11 is 3.23. The van der Waals surface area contributed by atoms with Crippen molar-refractivity contribution in [2.45, 2.75) is 0 Å². The fourth-order valence-corrected chi connectivity index (χ4v) is 1.50. The molecule has 0 unspecified atom stereocenters. The Balaban J connectivity index is 2.14. The number of carbonyl (C=O) groups is 1. The van der Waals surface area contributed by atoms with Crippen molar-refractivity contribution in [1.82, 2.24) is 9.97 Å². The Morgan fingerprint density at radius 2 is 2.06 bits per heavy atom. The smallest absolute Gasteiger partial charge is 0.275 e. The number of nitrogens with zero attached hydrogens (tertiary/aromatic N) is 2. The van der Waals surface area contributed by atoms with E-state index in [1.165, 1.54) is 0 Å². The second-order valence-corrected chi connectivity index (χ2v) is 3.83. The molecule has 2 aromatic rings. The number of hydrogen-bond donors (Lipinski definition) is 1. The van der Waals surface area contributed by atoms with Crippen LogP contribution in [0.3, 0.4) is 0 Å². The van der Waals surface area contributed by atoms with Crippen molar-refractivity contribution < 1.29 is 4.79 Å². The highest BCUT2D eigenvalue weighted by Crippen LogP contribution is 2.10. The first-order chi connectivity index (χ1) is 7.75. The van der Waals surface area contributed by atoms with Gasteiger partial charge in [0.1, 0.15) is 16.1 Å². The van der Waals surface area contributed by atoms with Gasteiger partial charge in [0.2, 0.25) is 0 Å². The summed E-state index contributed by atoms with van der Waals surface area (Å²) in [5, 5.41) is 2.66. The fraction of sp³-hybridized carbons (Fsp3) is 0. The molecule has 4 nitrogen and oxygen atoms in total. The maximum absolute atomic E-state index is 11.7. The van der Waals surface area contributed by atoms with Gasteiger partial charge in [0.25, 0.3) is 5.91 Å². The Labute approximate surface area is 101 Å². The van der Waals surface area contributed by atoms with E-state index >= 15 is 0 Å². The average Bonchev–Trinajstić information content (AvgIpc) is 2.30. The summed E-state index contributed by atoms with van der Waals surface area (Å²) in [6, 6.07) is 10.5. The van der Waals surface area contributed by atoms with Crippen LogP contribution >= 0.6 is 15.9 Å². The van der Waals surface area contributed by atoms with Gasteiger partial charge in [-0.25, -0.2) is 4.98 Å². The van der Waals surface area contributed by atoms with Crippen molar-refractivity contribution in [2.24, 2.45) is 0 Å². The monoisotopic (exact) mass is 277 g/mol. The molecule has 0 aliphatic heterocycles. The van der Waals surface area contributed by atoms with Crippen LogP contribution in [0.25, 0.3) is 0 Å². The van der Waals surface area contributed by atoms with E-state index < -0.39 is 0 Å². The fourth-order valence-electron chi connectivity index (χ4n) is 1.16. The summed E-state index contributed by atoms with van der Waals surface area (Å²) in [6.45, 7) is 0. The molecule has 80 valence electrons. The van der Waals surface area contributed by atoms with Gasteiger partial charge in [-0.15, -0.1) is 0 Å². The maximum atomic E-state index is 11.7. The molecule has 5 heteroatoms. The molecule has 0 fully saturated rings. The second kappa shape index (κ2) is 4.85. The lowest BCUT2D eigenvalue weighted by atomic mass is 10.3. The average molecular weight is 278 g/mol. The third-order valence-corrected chi connectivity index (χ3v) is 2.30. The van der Waals surface area contributed by atoms with Gasteiger partial charge in [0.15, 0.2) is 0 Å². The van der Waals surface area contributed by atoms with Gasteiger partial charge in [0, 0.05) is 6.20 Å². The van der Waals surface area contributed by atoms with Crippen LogP contribution in [-0.2, 0) is 0 Å². The first-order valence-corrected chi connectivity index (χ1v) is 5.40. The molecule has 0 saturated carbocycles. The maximum Gasteiger partial charge on any atom is 0.275 e. The van der Waals surface area contributed by atoms with Gasteiger partial charge in [-0.1, -0.05) is 12.1 Å². The van der Waals surface area contributed by atoms with E-state index in [2.05, 4.69) is 31.2 Å². The zero-order chi connectivity index (χ0) is 11.4. The van der Waals surface area contributed by atoms with Crippen LogP contribution < -0.4 is 5.32 Å². The molecule has 16 heavy (non-hydrogen) atoms. The Bertz CT molecular complexity index is 502. The molecule has 0 aromatic carbocycles. The van der Waals surface area contributed by atoms with Crippen molar-refractivity contribution in [2.75, 3.05) is 5.32 Å². The number of aromatic nitrogens is 2. The molecule has 2 aromatic heterocycles. The summed E-state index contributed by atoms with van der Waals surface area (Å²) < 4.78 is 0.673. The Morgan fingerprint density at radius 3 is 2.75 bits per heavy atom. The van der Waals surface area contributed by atoms with Gasteiger partial charge >= 0.3 is 0 Å². The van der Waals surface area contributed by atoms with Gasteiger partial charge in [0.05, 0.1) is 0 Å². The highest BCUT2D eigenvalue weighted by atomic mass is 79.9. The van der Waals surface area contributed by atoms with Crippen molar-refractivity contribution in [3.8, 4) is 0 Å². The van der Waals surface area contributed by atoms with Crippen LogP contribution in [0.5, 0.6) is 0 Å². The van der Waals surface area contributed by atoms with Gasteiger partial charge < -0.3 is 5.32 Å². The normalized spacial score (nSPS) is 9.81. The van der Waals surface area contributed by atoms with Gasteiger partial charge in [-0.3, -0.25) is 9.78 Å². The van der Waals surface area contributed by atoms with Crippen molar-refractivity contribution in [3.63, 3.8) is 0 Å². The molecular formula is C11H8BrN3O. The van der Waals surface area contributed by atoms with Gasteiger partial charge in [-0.05, 0) is 40.2 Å². The second-order valence-electron chi connectivity index (χ2n) is 3.01. The van der Waals surface area contributed by atoms with Crippen LogP contribution in [0.1, 0.15) is 10.5 Å². The molecule has 1 amide bonds. The summed E-state index contributed by atoms with van der Waals surface area (Å²) in [6.07, 6.45) is 1.57. The van der Waals surface area contributed by atoms with E-state index in [1.54, 1.807) is 42.6 Å². The Kier molecular flexibility index (Phi) is 3.26. The van der Waals surface area contributed by atoms with Crippen molar-refractivity contribution in [3.05, 3.63) is 52.9 Å². The first-order valence-electron chi connectivity index (χ1n) is 4.60. The minimum absolute atomic E-state index is 0.272. The number of nitrogens with one attached hydrogen (secondary N) is 1. The molecule has 0 bridgehead atoms. The summed E-state index contributed by atoms with van der Waals surface area (Å²) in [5.41, 5.74) is 0.365. The topological polar surface area (TPSA) is 54.9 Å². The standard InChI is InChI=1S/C11H8BrN3O/c12-9-5-3-6-10(14-9)15-11(16)8-4-1-2-7-13-8/h1-7H,(H,14,15,16). The molecule has 0 aliphatic rings. The van der Waals surface area contributed by atoms with E-state index in [-0.39, 0.29) is 5.91 Å².